The summed E-state index contributed by atoms with van der Waals surface area (Å²) in [6.07, 6.45) is -4.39. The maximum atomic E-state index is 13.5. The first-order chi connectivity index (χ1) is 25.8. The predicted octanol–water partition coefficient (Wildman–Crippen LogP) is -6.11. The number of primary amides is 2. The molecule has 0 bridgehead atoms. The van der Waals surface area contributed by atoms with Crippen molar-refractivity contribution in [2.75, 3.05) is 0 Å². The SMILES string of the molecule is CC(C)C[C@H](NC(=O)[C@H](CCC(=O)O)NC(=O)[C@H](C)NC(=O)[C@@H](NC(=O)[C@H](C)N)[C@@H](C)O)C(=O)N[C@@H](CC(N)=O)C(=O)N[C@@H](CC(N)=O)C(=O)N[C@@H](C)C(=O)O. The lowest BCUT2D eigenvalue weighted by atomic mass is 10.0. The van der Waals surface area contributed by atoms with Crippen LogP contribution < -0.4 is 54.4 Å². The van der Waals surface area contributed by atoms with Crippen LogP contribution in [0, 0.1) is 5.92 Å². The van der Waals surface area contributed by atoms with Gasteiger partial charge >= 0.3 is 11.9 Å². The third-order valence-electron chi connectivity index (χ3n) is 7.65. The average Bonchev–Trinajstić information content (AvgIpc) is 3.06. The van der Waals surface area contributed by atoms with Crippen molar-refractivity contribution in [3.63, 3.8) is 0 Å². The van der Waals surface area contributed by atoms with E-state index >= 15 is 0 Å². The predicted molar refractivity (Wildman–Crippen MR) is 192 cm³/mol. The van der Waals surface area contributed by atoms with E-state index in [0.29, 0.717) is 0 Å². The van der Waals surface area contributed by atoms with Gasteiger partial charge in [-0.15, -0.1) is 0 Å². The highest BCUT2D eigenvalue weighted by molar-refractivity contribution is 5.99. The highest BCUT2D eigenvalue weighted by atomic mass is 16.4. The number of aliphatic hydroxyl groups excluding tert-OH is 1. The minimum atomic E-state index is -1.82. The smallest absolute Gasteiger partial charge is 0.325 e. The van der Waals surface area contributed by atoms with E-state index in [-0.39, 0.29) is 12.3 Å². The van der Waals surface area contributed by atoms with Gasteiger partial charge in [-0.2, -0.15) is 0 Å². The largest absolute Gasteiger partial charge is 0.481 e. The zero-order valence-electron chi connectivity index (χ0n) is 31.9. The highest BCUT2D eigenvalue weighted by Gasteiger charge is 2.35. The number of aliphatic carboxylic acids is 2. The Morgan fingerprint density at radius 2 is 0.929 bits per heavy atom. The number of aliphatic hydroxyl groups is 1. The van der Waals surface area contributed by atoms with Crippen LogP contribution in [-0.2, 0) is 52.7 Å². The Hall–Kier alpha value is -5.91. The average molecular weight is 803 g/mol. The molecule has 0 heterocycles. The molecule has 24 nitrogen and oxygen atoms in total. The topological polar surface area (TPSA) is 411 Å². The molecule has 0 aliphatic rings. The van der Waals surface area contributed by atoms with E-state index in [9.17, 15) is 63.0 Å². The summed E-state index contributed by atoms with van der Waals surface area (Å²) in [4.78, 5) is 137. The maximum Gasteiger partial charge on any atom is 0.325 e. The summed E-state index contributed by atoms with van der Waals surface area (Å²) in [6.45, 7) is 8.11. The van der Waals surface area contributed by atoms with E-state index in [0.717, 1.165) is 6.92 Å². The van der Waals surface area contributed by atoms with Crippen molar-refractivity contribution in [1.82, 2.24) is 37.2 Å². The first-order valence-electron chi connectivity index (χ1n) is 17.3. The molecular formula is C32H54N10O14. The number of carbonyl (C=O) groups excluding carboxylic acids is 9. The number of carboxylic acid groups (broad SMARTS) is 2. The summed E-state index contributed by atoms with van der Waals surface area (Å²) in [5.41, 5.74) is 15.9. The van der Waals surface area contributed by atoms with Gasteiger partial charge in [0.15, 0.2) is 0 Å². The lowest BCUT2D eigenvalue weighted by Crippen LogP contribution is -2.61. The molecule has 24 heteroatoms. The van der Waals surface area contributed by atoms with Crippen molar-refractivity contribution in [3.05, 3.63) is 0 Å². The molecule has 56 heavy (non-hydrogen) atoms. The molecular weight excluding hydrogens is 748 g/mol. The number of hydrogen-bond acceptors (Lipinski definition) is 13. The number of nitrogens with two attached hydrogens (primary N) is 3. The minimum absolute atomic E-state index is 0.123. The van der Waals surface area contributed by atoms with Gasteiger partial charge < -0.3 is 69.7 Å². The standard InChI is InChI=1S/C32H54N10O14/c1-12(2)9-18(29(52)41-20(11-22(35)45)30(53)40-19(10-21(34)44)28(51)37-15(5)32(55)56)39-27(50)17(7-8-23(46)47)38-26(49)14(4)36-31(54)24(16(6)43)42-25(48)13(3)33/h12-20,24,43H,7-11,33H2,1-6H3,(H2,34,44)(H2,35,45)(H,36,54)(H,37,51)(H,38,49)(H,39,50)(H,40,53)(H,41,52)(H,42,48)(H,46,47)(H,55,56)/t13-,14-,15-,16+,17-,18-,19-,20-,24-/m0/s1. The summed E-state index contributed by atoms with van der Waals surface area (Å²) >= 11 is 0. The van der Waals surface area contributed by atoms with E-state index in [4.69, 9.17) is 22.3 Å². The van der Waals surface area contributed by atoms with Gasteiger partial charge in [0.2, 0.25) is 53.2 Å². The molecule has 16 N–H and O–H groups in total. The molecule has 0 aliphatic heterocycles. The Labute approximate surface area is 321 Å². The second kappa shape index (κ2) is 23.8. The Morgan fingerprint density at radius 1 is 0.518 bits per heavy atom. The van der Waals surface area contributed by atoms with Crippen molar-refractivity contribution in [2.24, 2.45) is 23.1 Å². The van der Waals surface area contributed by atoms with Gasteiger partial charge in [-0.1, -0.05) is 13.8 Å². The van der Waals surface area contributed by atoms with Crippen LogP contribution in [0.5, 0.6) is 0 Å². The van der Waals surface area contributed by atoms with Gasteiger partial charge in [0.25, 0.3) is 0 Å². The zero-order valence-corrected chi connectivity index (χ0v) is 31.9. The first kappa shape index (κ1) is 50.1. The molecule has 0 aromatic heterocycles. The number of rotatable bonds is 25. The Morgan fingerprint density at radius 3 is 1.34 bits per heavy atom. The second-order valence-corrected chi connectivity index (χ2v) is 13.5. The zero-order chi connectivity index (χ0) is 43.6. The Kier molecular flexibility index (Phi) is 21.3. The fourth-order valence-corrected chi connectivity index (χ4v) is 4.61. The number of carbonyl (C=O) groups is 11. The van der Waals surface area contributed by atoms with Crippen LogP contribution in [0.1, 0.15) is 73.6 Å². The first-order valence-corrected chi connectivity index (χ1v) is 17.3. The van der Waals surface area contributed by atoms with Crippen LogP contribution in [0.4, 0.5) is 0 Å². The van der Waals surface area contributed by atoms with Crippen molar-refractivity contribution < 1.29 is 68.1 Å². The number of hydrogen-bond donors (Lipinski definition) is 13. The van der Waals surface area contributed by atoms with Gasteiger partial charge in [0.1, 0.15) is 42.3 Å². The van der Waals surface area contributed by atoms with Crippen LogP contribution in [-0.4, -0.2) is 135 Å². The van der Waals surface area contributed by atoms with Crippen LogP contribution in [0.25, 0.3) is 0 Å². The molecule has 0 aliphatic carbocycles. The monoisotopic (exact) mass is 802 g/mol. The van der Waals surface area contributed by atoms with Crippen LogP contribution in [0.15, 0.2) is 0 Å². The molecule has 0 aromatic carbocycles. The molecule has 0 rings (SSSR count). The number of amides is 9. The van der Waals surface area contributed by atoms with Crippen molar-refractivity contribution in [1.29, 1.82) is 0 Å². The maximum absolute atomic E-state index is 13.5. The van der Waals surface area contributed by atoms with Gasteiger partial charge in [-0.3, -0.25) is 52.7 Å². The summed E-state index contributed by atoms with van der Waals surface area (Å²) in [5, 5.41) is 43.9. The third kappa shape index (κ3) is 18.9. The summed E-state index contributed by atoms with van der Waals surface area (Å²) in [6, 6.07) is -12.2. The van der Waals surface area contributed by atoms with E-state index in [1.807, 2.05) is 5.32 Å². The van der Waals surface area contributed by atoms with Crippen LogP contribution >= 0.6 is 0 Å². The molecule has 0 spiro atoms. The molecule has 0 fully saturated rings. The fourth-order valence-electron chi connectivity index (χ4n) is 4.61. The lowest BCUT2D eigenvalue weighted by molar-refractivity contribution is -0.142. The highest BCUT2D eigenvalue weighted by Crippen LogP contribution is 2.09. The summed E-state index contributed by atoms with van der Waals surface area (Å²) in [5.74, 6) is -12.6. The van der Waals surface area contributed by atoms with Crippen molar-refractivity contribution in [2.45, 2.75) is 128 Å². The van der Waals surface area contributed by atoms with Crippen molar-refractivity contribution in [3.8, 4) is 0 Å². The third-order valence-corrected chi connectivity index (χ3v) is 7.65. The van der Waals surface area contributed by atoms with Crippen LogP contribution in [0.2, 0.25) is 0 Å². The summed E-state index contributed by atoms with van der Waals surface area (Å²) < 4.78 is 0. The number of carboxylic acids is 2. The molecule has 9 atom stereocenters. The van der Waals surface area contributed by atoms with Crippen molar-refractivity contribution >= 4 is 65.1 Å². The minimum Gasteiger partial charge on any atom is -0.481 e. The Balaban J connectivity index is 6.24. The van der Waals surface area contributed by atoms with Gasteiger partial charge in [0.05, 0.1) is 25.0 Å². The molecule has 0 saturated heterocycles. The molecule has 0 unspecified atom stereocenters. The molecule has 0 saturated carbocycles. The van der Waals surface area contributed by atoms with Gasteiger partial charge in [-0.25, -0.2) is 0 Å². The molecule has 316 valence electrons. The molecule has 9 amide bonds. The fraction of sp³-hybridized carbons (Fsp3) is 0.656. The van der Waals surface area contributed by atoms with E-state index < -0.39 is 145 Å². The van der Waals surface area contributed by atoms with E-state index in [1.54, 1.807) is 13.8 Å². The van der Waals surface area contributed by atoms with Gasteiger partial charge in [-0.05, 0) is 46.5 Å². The van der Waals surface area contributed by atoms with Crippen LogP contribution in [0.3, 0.4) is 0 Å². The van der Waals surface area contributed by atoms with E-state index in [2.05, 4.69) is 31.9 Å². The second-order valence-electron chi connectivity index (χ2n) is 13.5. The normalized spacial score (nSPS) is 15.7. The molecule has 0 aromatic rings. The summed E-state index contributed by atoms with van der Waals surface area (Å²) in [7, 11) is 0. The van der Waals surface area contributed by atoms with E-state index in [1.165, 1.54) is 20.8 Å². The quantitative estimate of drug-likeness (QED) is 0.0409. The number of nitrogens with one attached hydrogen (secondary N) is 7. The Bertz CT molecular complexity index is 1490. The lowest BCUT2D eigenvalue weighted by Gasteiger charge is -2.27. The molecule has 0 radical (unpaired) electrons. The van der Waals surface area contributed by atoms with Gasteiger partial charge in [0, 0.05) is 6.42 Å².